The summed E-state index contributed by atoms with van der Waals surface area (Å²) in [5.41, 5.74) is 3.96. The molecule has 0 bridgehead atoms. The van der Waals surface area contributed by atoms with Crippen molar-refractivity contribution < 1.29 is 9.53 Å². The van der Waals surface area contributed by atoms with Crippen molar-refractivity contribution in [1.29, 1.82) is 0 Å². The van der Waals surface area contributed by atoms with E-state index in [-0.39, 0.29) is 5.91 Å². The van der Waals surface area contributed by atoms with Crippen LogP contribution in [0.15, 0.2) is 66.9 Å². The number of anilines is 3. The van der Waals surface area contributed by atoms with Gasteiger partial charge in [0.05, 0.1) is 19.0 Å². The van der Waals surface area contributed by atoms with Crippen molar-refractivity contribution in [3.8, 4) is 5.75 Å². The minimum atomic E-state index is -0.226. The van der Waals surface area contributed by atoms with Crippen LogP contribution in [-0.4, -0.2) is 18.0 Å². The Morgan fingerprint density at radius 3 is 2.52 bits per heavy atom. The molecule has 3 aromatic rings. The lowest BCUT2D eigenvalue weighted by atomic mass is 10.0. The van der Waals surface area contributed by atoms with Gasteiger partial charge in [-0.2, -0.15) is 0 Å². The minimum absolute atomic E-state index is 0.226. The number of methoxy groups -OCH3 is 1. The second-order valence-electron chi connectivity index (χ2n) is 6.49. The molecule has 0 atom stereocenters. The van der Waals surface area contributed by atoms with Crippen molar-refractivity contribution in [3.63, 3.8) is 0 Å². The number of rotatable bonds is 6. The molecule has 0 unspecified atom stereocenters. The van der Waals surface area contributed by atoms with Gasteiger partial charge in [0.1, 0.15) is 11.4 Å². The van der Waals surface area contributed by atoms with Gasteiger partial charge in [0.25, 0.3) is 5.91 Å². The number of ether oxygens (including phenoxy) is 1. The summed E-state index contributed by atoms with van der Waals surface area (Å²) in [4.78, 5) is 16.8. The molecule has 0 aliphatic heterocycles. The fourth-order valence-corrected chi connectivity index (χ4v) is 2.77. The second kappa shape index (κ2) is 8.36. The molecular weight excluding hydrogens is 338 g/mol. The van der Waals surface area contributed by atoms with Crippen molar-refractivity contribution in [2.24, 2.45) is 0 Å². The molecule has 0 aliphatic carbocycles. The highest BCUT2D eigenvalue weighted by Gasteiger charge is 2.12. The molecule has 5 heteroatoms. The summed E-state index contributed by atoms with van der Waals surface area (Å²) < 4.78 is 5.22. The number of nitrogens with one attached hydrogen (secondary N) is 2. The molecule has 3 rings (SSSR count). The fourth-order valence-electron chi connectivity index (χ4n) is 2.77. The van der Waals surface area contributed by atoms with Gasteiger partial charge in [0.15, 0.2) is 0 Å². The smallest absolute Gasteiger partial charge is 0.274 e. The van der Waals surface area contributed by atoms with Crippen molar-refractivity contribution in [2.45, 2.75) is 19.8 Å². The van der Waals surface area contributed by atoms with E-state index in [0.29, 0.717) is 11.6 Å². The number of hydrogen-bond donors (Lipinski definition) is 2. The summed E-state index contributed by atoms with van der Waals surface area (Å²) in [6.45, 7) is 4.20. The summed E-state index contributed by atoms with van der Waals surface area (Å²) in [7, 11) is 1.63. The SMILES string of the molecule is COc1cccc(Nc2ccc(C(=O)Nc3ccccc3C(C)C)nc2)c1. The largest absolute Gasteiger partial charge is 0.497 e. The van der Waals surface area contributed by atoms with Gasteiger partial charge < -0.3 is 15.4 Å². The zero-order chi connectivity index (χ0) is 19.2. The summed E-state index contributed by atoms with van der Waals surface area (Å²) in [5.74, 6) is 0.868. The molecule has 2 aromatic carbocycles. The highest BCUT2D eigenvalue weighted by molar-refractivity contribution is 6.03. The van der Waals surface area contributed by atoms with Gasteiger partial charge in [-0.1, -0.05) is 38.1 Å². The zero-order valence-electron chi connectivity index (χ0n) is 15.7. The molecule has 138 valence electrons. The third-order valence-electron chi connectivity index (χ3n) is 4.19. The Hall–Kier alpha value is -3.34. The number of pyridine rings is 1. The lowest BCUT2D eigenvalue weighted by molar-refractivity contribution is 0.102. The van der Waals surface area contributed by atoms with Gasteiger partial charge in [0, 0.05) is 17.4 Å². The Labute approximate surface area is 159 Å². The van der Waals surface area contributed by atoms with Crippen LogP contribution in [0.5, 0.6) is 5.75 Å². The molecule has 1 heterocycles. The van der Waals surface area contributed by atoms with Crippen molar-refractivity contribution in [2.75, 3.05) is 17.7 Å². The number of amides is 1. The first-order valence-corrected chi connectivity index (χ1v) is 8.84. The van der Waals surface area contributed by atoms with Gasteiger partial charge in [-0.05, 0) is 41.8 Å². The Balaban J connectivity index is 1.70. The molecule has 2 N–H and O–H groups in total. The molecule has 27 heavy (non-hydrogen) atoms. The topological polar surface area (TPSA) is 63.2 Å². The van der Waals surface area contributed by atoms with E-state index in [1.807, 2.05) is 54.6 Å². The summed E-state index contributed by atoms with van der Waals surface area (Å²) in [6.07, 6.45) is 1.64. The maximum atomic E-state index is 12.5. The van der Waals surface area contributed by atoms with Crippen LogP contribution >= 0.6 is 0 Å². The first kappa shape index (κ1) is 18.5. The Morgan fingerprint density at radius 2 is 1.81 bits per heavy atom. The van der Waals surface area contributed by atoms with Gasteiger partial charge in [0.2, 0.25) is 0 Å². The average molecular weight is 361 g/mol. The van der Waals surface area contributed by atoms with Crippen LogP contribution in [0.1, 0.15) is 35.8 Å². The molecule has 5 nitrogen and oxygen atoms in total. The van der Waals surface area contributed by atoms with Gasteiger partial charge in [-0.25, -0.2) is 4.98 Å². The van der Waals surface area contributed by atoms with E-state index in [0.717, 1.165) is 28.4 Å². The predicted molar refractivity (Wildman–Crippen MR) is 109 cm³/mol. The van der Waals surface area contributed by atoms with Gasteiger partial charge in [-0.3, -0.25) is 4.79 Å². The van der Waals surface area contributed by atoms with Crippen molar-refractivity contribution in [1.82, 2.24) is 4.98 Å². The predicted octanol–water partition coefficient (Wildman–Crippen LogP) is 5.21. The third-order valence-corrected chi connectivity index (χ3v) is 4.19. The highest BCUT2D eigenvalue weighted by atomic mass is 16.5. The Kier molecular flexibility index (Phi) is 5.71. The molecule has 0 aliphatic rings. The number of carbonyl (C=O) groups is 1. The van der Waals surface area contributed by atoms with Crippen LogP contribution in [0.2, 0.25) is 0 Å². The average Bonchev–Trinajstić information content (AvgIpc) is 2.69. The maximum absolute atomic E-state index is 12.5. The molecule has 0 saturated heterocycles. The number of nitrogens with zero attached hydrogens (tertiary/aromatic N) is 1. The van der Waals surface area contributed by atoms with E-state index in [9.17, 15) is 4.79 Å². The van der Waals surface area contributed by atoms with E-state index in [2.05, 4.69) is 29.5 Å². The fraction of sp³-hybridized carbons (Fsp3) is 0.182. The lowest BCUT2D eigenvalue weighted by Crippen LogP contribution is -2.15. The normalized spacial score (nSPS) is 10.5. The molecule has 1 aromatic heterocycles. The Morgan fingerprint density at radius 1 is 1.00 bits per heavy atom. The monoisotopic (exact) mass is 361 g/mol. The summed E-state index contributed by atoms with van der Waals surface area (Å²) in [6, 6.07) is 19.0. The Bertz CT molecular complexity index is 921. The van der Waals surface area contributed by atoms with Crippen LogP contribution < -0.4 is 15.4 Å². The number of hydrogen-bond acceptors (Lipinski definition) is 4. The minimum Gasteiger partial charge on any atom is -0.497 e. The van der Waals surface area contributed by atoms with Gasteiger partial charge >= 0.3 is 0 Å². The van der Waals surface area contributed by atoms with Crippen LogP contribution in [0, 0.1) is 0 Å². The third kappa shape index (κ3) is 4.64. The number of carbonyl (C=O) groups excluding carboxylic acids is 1. The first-order valence-electron chi connectivity index (χ1n) is 8.84. The van der Waals surface area contributed by atoms with Crippen LogP contribution in [0.25, 0.3) is 0 Å². The maximum Gasteiger partial charge on any atom is 0.274 e. The van der Waals surface area contributed by atoms with Crippen molar-refractivity contribution >= 4 is 23.0 Å². The first-order chi connectivity index (χ1) is 13.1. The standard InChI is InChI=1S/C22H23N3O2/c1-15(2)19-9-4-5-10-20(19)25-22(26)21-12-11-17(14-23-21)24-16-7-6-8-18(13-16)27-3/h4-15,24H,1-3H3,(H,25,26). The molecule has 0 saturated carbocycles. The van der Waals surface area contributed by atoms with Crippen LogP contribution in [-0.2, 0) is 0 Å². The molecule has 1 amide bonds. The van der Waals surface area contributed by atoms with E-state index < -0.39 is 0 Å². The number of aromatic nitrogens is 1. The van der Waals surface area contributed by atoms with E-state index in [1.165, 1.54) is 0 Å². The summed E-state index contributed by atoms with van der Waals surface area (Å²) >= 11 is 0. The zero-order valence-corrected chi connectivity index (χ0v) is 15.7. The number of para-hydroxylation sites is 1. The molecular formula is C22H23N3O2. The van der Waals surface area contributed by atoms with Gasteiger partial charge in [-0.15, -0.1) is 0 Å². The highest BCUT2D eigenvalue weighted by Crippen LogP contribution is 2.24. The van der Waals surface area contributed by atoms with E-state index in [4.69, 9.17) is 4.74 Å². The van der Waals surface area contributed by atoms with E-state index in [1.54, 1.807) is 19.4 Å². The quantitative estimate of drug-likeness (QED) is 0.633. The molecule has 0 fully saturated rings. The summed E-state index contributed by atoms with van der Waals surface area (Å²) in [5, 5.41) is 6.20. The van der Waals surface area contributed by atoms with Crippen LogP contribution in [0.3, 0.4) is 0 Å². The molecule has 0 spiro atoms. The van der Waals surface area contributed by atoms with Crippen molar-refractivity contribution in [3.05, 3.63) is 78.1 Å². The van der Waals surface area contributed by atoms with Crippen LogP contribution in [0.4, 0.5) is 17.1 Å². The number of benzene rings is 2. The second-order valence-corrected chi connectivity index (χ2v) is 6.49. The lowest BCUT2D eigenvalue weighted by Gasteiger charge is -2.13. The van der Waals surface area contributed by atoms with E-state index >= 15 is 0 Å². The molecule has 0 radical (unpaired) electrons.